The van der Waals surface area contributed by atoms with Crippen molar-refractivity contribution in [3.8, 4) is 17.2 Å². The van der Waals surface area contributed by atoms with Gasteiger partial charge in [0.15, 0.2) is 11.5 Å². The van der Waals surface area contributed by atoms with Crippen molar-refractivity contribution < 1.29 is 19.0 Å². The molecule has 1 aliphatic heterocycles. The molecule has 1 atom stereocenters. The van der Waals surface area contributed by atoms with Crippen LogP contribution in [0.1, 0.15) is 24.8 Å². The number of hydrogen-bond donors (Lipinski definition) is 2. The van der Waals surface area contributed by atoms with E-state index in [1.165, 1.54) is 0 Å². The normalized spacial score (nSPS) is 17.4. The Balaban J connectivity index is 1.96. The quantitative estimate of drug-likeness (QED) is 0.796. The molecule has 1 unspecified atom stereocenters. The van der Waals surface area contributed by atoms with Crippen molar-refractivity contribution in [2.24, 2.45) is 0 Å². The number of rotatable bonds is 7. The summed E-state index contributed by atoms with van der Waals surface area (Å²) in [6.45, 7) is 1.48. The van der Waals surface area contributed by atoms with Crippen molar-refractivity contribution in [3.05, 3.63) is 17.7 Å². The van der Waals surface area contributed by atoms with Crippen LogP contribution in [-0.2, 0) is 11.2 Å². The van der Waals surface area contributed by atoms with Crippen LogP contribution in [-0.4, -0.2) is 46.4 Å². The second-order valence-electron chi connectivity index (χ2n) is 5.54. The smallest absolute Gasteiger partial charge is 0.237 e. The van der Waals surface area contributed by atoms with Crippen LogP contribution in [0.25, 0.3) is 0 Å². The van der Waals surface area contributed by atoms with Crippen LogP contribution in [0.5, 0.6) is 17.2 Å². The summed E-state index contributed by atoms with van der Waals surface area (Å²) >= 11 is 0. The number of amides is 1. The van der Waals surface area contributed by atoms with Crippen molar-refractivity contribution in [2.75, 3.05) is 34.4 Å². The molecule has 1 heterocycles. The van der Waals surface area contributed by atoms with Crippen molar-refractivity contribution in [1.29, 1.82) is 0 Å². The third kappa shape index (κ3) is 4.28. The van der Waals surface area contributed by atoms with Crippen molar-refractivity contribution >= 4 is 5.91 Å². The molecular formula is C17H26N2O4. The molecule has 23 heavy (non-hydrogen) atoms. The Morgan fingerprint density at radius 3 is 2.57 bits per heavy atom. The third-order valence-electron chi connectivity index (χ3n) is 4.11. The van der Waals surface area contributed by atoms with Crippen LogP contribution in [0.4, 0.5) is 0 Å². The molecule has 0 saturated carbocycles. The van der Waals surface area contributed by atoms with E-state index in [-0.39, 0.29) is 11.9 Å². The van der Waals surface area contributed by atoms with Gasteiger partial charge in [-0.25, -0.2) is 0 Å². The monoisotopic (exact) mass is 322 g/mol. The summed E-state index contributed by atoms with van der Waals surface area (Å²) in [7, 11) is 4.78. The van der Waals surface area contributed by atoms with Crippen LogP contribution in [0.15, 0.2) is 12.1 Å². The summed E-state index contributed by atoms with van der Waals surface area (Å²) in [5.41, 5.74) is 0.974. The molecule has 1 fully saturated rings. The molecule has 128 valence electrons. The van der Waals surface area contributed by atoms with Gasteiger partial charge in [0.1, 0.15) is 0 Å². The van der Waals surface area contributed by atoms with Gasteiger partial charge < -0.3 is 24.8 Å². The minimum Gasteiger partial charge on any atom is -0.493 e. The minimum atomic E-state index is -0.0592. The molecule has 1 aromatic carbocycles. The summed E-state index contributed by atoms with van der Waals surface area (Å²) in [6.07, 6.45) is 3.83. The van der Waals surface area contributed by atoms with Gasteiger partial charge in [-0.2, -0.15) is 0 Å². The van der Waals surface area contributed by atoms with Gasteiger partial charge in [-0.15, -0.1) is 0 Å². The van der Waals surface area contributed by atoms with E-state index in [9.17, 15) is 4.79 Å². The fourth-order valence-electron chi connectivity index (χ4n) is 2.88. The first-order chi connectivity index (χ1) is 11.2. The van der Waals surface area contributed by atoms with Crippen LogP contribution < -0.4 is 24.8 Å². The Labute approximate surface area is 137 Å². The highest BCUT2D eigenvalue weighted by atomic mass is 16.5. The highest BCUT2D eigenvalue weighted by molar-refractivity contribution is 5.81. The molecule has 1 saturated heterocycles. The average molecular weight is 322 g/mol. The molecule has 0 radical (unpaired) electrons. The average Bonchev–Trinajstić information content (AvgIpc) is 2.61. The zero-order valence-corrected chi connectivity index (χ0v) is 14.1. The molecule has 2 N–H and O–H groups in total. The summed E-state index contributed by atoms with van der Waals surface area (Å²) in [4.78, 5) is 12.1. The van der Waals surface area contributed by atoms with Gasteiger partial charge in [-0.1, -0.05) is 12.5 Å². The minimum absolute atomic E-state index is 0.0592. The topological polar surface area (TPSA) is 68.8 Å². The van der Waals surface area contributed by atoms with Crippen molar-refractivity contribution in [2.45, 2.75) is 31.7 Å². The lowest BCUT2D eigenvalue weighted by Gasteiger charge is -2.22. The van der Waals surface area contributed by atoms with Crippen LogP contribution in [0, 0.1) is 0 Å². The summed E-state index contributed by atoms with van der Waals surface area (Å²) in [6, 6.07) is 3.72. The molecular weight excluding hydrogens is 296 g/mol. The predicted octanol–water partition coefficient (Wildman–Crippen LogP) is 1.51. The molecule has 6 heteroatoms. The van der Waals surface area contributed by atoms with Gasteiger partial charge in [0.2, 0.25) is 11.7 Å². The molecule has 0 aromatic heterocycles. The Morgan fingerprint density at radius 1 is 1.17 bits per heavy atom. The van der Waals surface area contributed by atoms with E-state index in [1.54, 1.807) is 21.3 Å². The van der Waals surface area contributed by atoms with Gasteiger partial charge in [-0.3, -0.25) is 4.79 Å². The van der Waals surface area contributed by atoms with Gasteiger partial charge in [0, 0.05) is 12.1 Å². The fourth-order valence-corrected chi connectivity index (χ4v) is 2.88. The maximum absolute atomic E-state index is 12.1. The Hall–Kier alpha value is -1.95. The first-order valence-corrected chi connectivity index (χ1v) is 8.00. The summed E-state index contributed by atoms with van der Waals surface area (Å²) < 4.78 is 16.1. The standard InChI is InChI=1S/C17H26N2O4/c1-21-14-8-7-12(15(22-2)16(14)23-3)9-11-19-17(20)13-6-4-5-10-18-13/h7-8,13,18H,4-6,9-11H2,1-3H3,(H,19,20). The van der Waals surface area contributed by atoms with E-state index < -0.39 is 0 Å². The maximum atomic E-state index is 12.1. The van der Waals surface area contributed by atoms with Crippen LogP contribution >= 0.6 is 0 Å². The van der Waals surface area contributed by atoms with Crippen molar-refractivity contribution in [3.63, 3.8) is 0 Å². The molecule has 0 spiro atoms. The van der Waals surface area contributed by atoms with E-state index in [2.05, 4.69) is 10.6 Å². The van der Waals surface area contributed by atoms with Gasteiger partial charge in [-0.05, 0) is 31.9 Å². The van der Waals surface area contributed by atoms with Crippen LogP contribution in [0.2, 0.25) is 0 Å². The number of benzene rings is 1. The number of ether oxygens (including phenoxy) is 3. The maximum Gasteiger partial charge on any atom is 0.237 e. The molecule has 1 amide bonds. The first-order valence-electron chi connectivity index (χ1n) is 8.00. The molecule has 0 aliphatic carbocycles. The largest absolute Gasteiger partial charge is 0.493 e. The Bertz CT molecular complexity index is 528. The van der Waals surface area contributed by atoms with Gasteiger partial charge in [0.05, 0.1) is 27.4 Å². The second-order valence-corrected chi connectivity index (χ2v) is 5.54. The lowest BCUT2D eigenvalue weighted by atomic mass is 10.0. The highest BCUT2D eigenvalue weighted by Gasteiger charge is 2.20. The second kappa shape index (κ2) is 8.62. The lowest BCUT2D eigenvalue weighted by molar-refractivity contribution is -0.123. The molecule has 1 aliphatic rings. The number of carbonyl (C=O) groups excluding carboxylic acids is 1. The molecule has 6 nitrogen and oxygen atoms in total. The molecule has 2 rings (SSSR count). The zero-order chi connectivity index (χ0) is 16.7. The SMILES string of the molecule is COc1ccc(CCNC(=O)C2CCCCN2)c(OC)c1OC. The van der Waals surface area contributed by atoms with Crippen molar-refractivity contribution in [1.82, 2.24) is 10.6 Å². The highest BCUT2D eigenvalue weighted by Crippen LogP contribution is 2.39. The summed E-state index contributed by atoms with van der Waals surface area (Å²) in [5, 5.41) is 6.24. The number of piperidine rings is 1. The van der Waals surface area contributed by atoms with E-state index >= 15 is 0 Å². The van der Waals surface area contributed by atoms with E-state index in [0.29, 0.717) is 30.2 Å². The third-order valence-corrected chi connectivity index (χ3v) is 4.11. The lowest BCUT2D eigenvalue weighted by Crippen LogP contribution is -2.47. The summed E-state index contributed by atoms with van der Waals surface area (Å²) in [5.74, 6) is 1.93. The van der Waals surface area contributed by atoms with Gasteiger partial charge in [0.25, 0.3) is 0 Å². The Kier molecular flexibility index (Phi) is 6.52. The number of carbonyl (C=O) groups is 1. The van der Waals surface area contributed by atoms with E-state index in [4.69, 9.17) is 14.2 Å². The fraction of sp³-hybridized carbons (Fsp3) is 0.588. The van der Waals surface area contributed by atoms with E-state index in [0.717, 1.165) is 31.4 Å². The predicted molar refractivity (Wildman–Crippen MR) is 88.5 cm³/mol. The zero-order valence-electron chi connectivity index (χ0n) is 14.1. The van der Waals surface area contributed by atoms with Crippen LogP contribution in [0.3, 0.4) is 0 Å². The van der Waals surface area contributed by atoms with E-state index in [1.807, 2.05) is 12.1 Å². The number of hydrogen-bond acceptors (Lipinski definition) is 5. The molecule has 0 bridgehead atoms. The van der Waals surface area contributed by atoms with Gasteiger partial charge >= 0.3 is 0 Å². The molecule has 1 aromatic rings. The number of methoxy groups -OCH3 is 3. The number of nitrogens with one attached hydrogen (secondary N) is 2. The first kappa shape index (κ1) is 17.4. The Morgan fingerprint density at radius 2 is 1.96 bits per heavy atom.